The van der Waals surface area contributed by atoms with E-state index in [0.29, 0.717) is 11.6 Å². The van der Waals surface area contributed by atoms with Crippen LogP contribution in [0.5, 0.6) is 0 Å². The Morgan fingerprint density at radius 2 is 2.06 bits per heavy atom. The van der Waals surface area contributed by atoms with Crippen LogP contribution >= 0.6 is 27.5 Å². The second kappa shape index (κ2) is 5.54. The fourth-order valence-electron chi connectivity index (χ4n) is 1.54. The molecule has 1 amide bonds. The zero-order valence-corrected chi connectivity index (χ0v) is 11.8. The minimum atomic E-state index is -0.338. The fourth-order valence-corrected chi connectivity index (χ4v) is 2.21. The molecule has 18 heavy (non-hydrogen) atoms. The molecule has 4 nitrogen and oxygen atoms in total. The average molecular weight is 329 g/mol. The fraction of sp³-hybridized carbons (Fsp3) is 0.167. The first-order chi connectivity index (χ1) is 8.56. The molecule has 1 aromatic carbocycles. The van der Waals surface area contributed by atoms with Gasteiger partial charge in [-0.15, -0.1) is 0 Å². The summed E-state index contributed by atoms with van der Waals surface area (Å²) < 4.78 is 2.56. The van der Waals surface area contributed by atoms with Crippen molar-refractivity contribution in [1.29, 1.82) is 0 Å². The molecule has 2 aromatic rings. The van der Waals surface area contributed by atoms with Crippen molar-refractivity contribution < 1.29 is 4.79 Å². The summed E-state index contributed by atoms with van der Waals surface area (Å²) in [5.41, 5.74) is 6.88. The van der Waals surface area contributed by atoms with Gasteiger partial charge < -0.3 is 5.73 Å². The maximum absolute atomic E-state index is 10.7. The number of hydrogen-bond acceptors (Lipinski definition) is 2. The Labute approximate surface area is 118 Å². The van der Waals surface area contributed by atoms with Gasteiger partial charge in [0.1, 0.15) is 5.69 Å². The first-order valence-corrected chi connectivity index (χ1v) is 6.50. The molecule has 0 bridgehead atoms. The molecular weight excluding hydrogens is 318 g/mol. The second-order valence-electron chi connectivity index (χ2n) is 3.81. The predicted octanol–water partition coefficient (Wildman–Crippen LogP) is 2.84. The predicted molar refractivity (Wildman–Crippen MR) is 74.2 cm³/mol. The molecule has 0 atom stereocenters. The van der Waals surface area contributed by atoms with Gasteiger partial charge in [0.2, 0.25) is 5.91 Å². The number of amides is 1. The smallest absolute Gasteiger partial charge is 0.219 e. The van der Waals surface area contributed by atoms with Gasteiger partial charge >= 0.3 is 0 Å². The maximum atomic E-state index is 10.7. The number of rotatable bonds is 4. The van der Waals surface area contributed by atoms with E-state index in [1.165, 1.54) is 0 Å². The Morgan fingerprint density at radius 3 is 2.67 bits per heavy atom. The van der Waals surface area contributed by atoms with Gasteiger partial charge in [0.15, 0.2) is 0 Å². The lowest BCUT2D eigenvalue weighted by Gasteiger charge is -1.99. The summed E-state index contributed by atoms with van der Waals surface area (Å²) in [5, 5.41) is 5.08. The van der Waals surface area contributed by atoms with E-state index in [1.54, 1.807) is 4.68 Å². The SMILES string of the molecule is NC(=O)CCn1cc(Br)c(-c2ccc(Cl)cc2)n1. The largest absolute Gasteiger partial charge is 0.370 e. The van der Waals surface area contributed by atoms with Gasteiger partial charge in [0.05, 0.1) is 4.47 Å². The van der Waals surface area contributed by atoms with Gasteiger partial charge in [-0.2, -0.15) is 5.10 Å². The normalized spacial score (nSPS) is 10.6. The van der Waals surface area contributed by atoms with Crippen molar-refractivity contribution >= 4 is 33.4 Å². The van der Waals surface area contributed by atoms with Crippen molar-refractivity contribution in [2.75, 3.05) is 0 Å². The minimum absolute atomic E-state index is 0.272. The van der Waals surface area contributed by atoms with Gasteiger partial charge in [0.25, 0.3) is 0 Å². The van der Waals surface area contributed by atoms with Crippen LogP contribution in [0.4, 0.5) is 0 Å². The van der Waals surface area contributed by atoms with E-state index in [1.807, 2.05) is 30.5 Å². The number of carbonyl (C=O) groups excluding carboxylic acids is 1. The van der Waals surface area contributed by atoms with E-state index < -0.39 is 0 Å². The molecule has 0 fully saturated rings. The van der Waals surface area contributed by atoms with Crippen LogP contribution in [-0.4, -0.2) is 15.7 Å². The number of hydrogen-bond donors (Lipinski definition) is 1. The number of aromatic nitrogens is 2. The minimum Gasteiger partial charge on any atom is -0.370 e. The third-order valence-electron chi connectivity index (χ3n) is 2.42. The highest BCUT2D eigenvalue weighted by Crippen LogP contribution is 2.27. The molecule has 0 aliphatic heterocycles. The zero-order valence-electron chi connectivity index (χ0n) is 9.44. The molecule has 0 radical (unpaired) electrons. The molecule has 0 spiro atoms. The number of primary amides is 1. The van der Waals surface area contributed by atoms with Crippen molar-refractivity contribution in [1.82, 2.24) is 9.78 Å². The Kier molecular flexibility index (Phi) is 4.04. The van der Waals surface area contributed by atoms with Gasteiger partial charge in [0, 0.05) is 29.7 Å². The van der Waals surface area contributed by atoms with Crippen molar-refractivity contribution in [2.45, 2.75) is 13.0 Å². The monoisotopic (exact) mass is 327 g/mol. The topological polar surface area (TPSA) is 60.9 Å². The molecule has 0 saturated heterocycles. The number of halogens is 2. The number of aryl methyl sites for hydroxylation is 1. The highest BCUT2D eigenvalue weighted by atomic mass is 79.9. The molecular formula is C12H11BrClN3O. The van der Waals surface area contributed by atoms with Crippen molar-refractivity contribution in [2.24, 2.45) is 5.73 Å². The highest BCUT2D eigenvalue weighted by molar-refractivity contribution is 9.10. The maximum Gasteiger partial charge on any atom is 0.219 e. The lowest BCUT2D eigenvalue weighted by Crippen LogP contribution is -2.14. The van der Waals surface area contributed by atoms with Crippen LogP contribution in [0.15, 0.2) is 34.9 Å². The average Bonchev–Trinajstić information content (AvgIpc) is 2.69. The van der Waals surface area contributed by atoms with Crippen LogP contribution in [0.25, 0.3) is 11.3 Å². The van der Waals surface area contributed by atoms with E-state index in [0.717, 1.165) is 15.7 Å². The quantitative estimate of drug-likeness (QED) is 0.938. The van der Waals surface area contributed by atoms with Crippen LogP contribution in [0.3, 0.4) is 0 Å². The molecule has 1 heterocycles. The second-order valence-corrected chi connectivity index (χ2v) is 5.10. The van der Waals surface area contributed by atoms with Crippen LogP contribution in [0, 0.1) is 0 Å². The lowest BCUT2D eigenvalue weighted by atomic mass is 10.2. The molecule has 6 heteroatoms. The van der Waals surface area contributed by atoms with Crippen molar-refractivity contribution in [3.05, 3.63) is 40.0 Å². The zero-order chi connectivity index (χ0) is 13.1. The van der Waals surface area contributed by atoms with E-state index in [4.69, 9.17) is 17.3 Å². The molecule has 0 aliphatic carbocycles. The van der Waals surface area contributed by atoms with Crippen molar-refractivity contribution in [3.8, 4) is 11.3 Å². The van der Waals surface area contributed by atoms with Crippen LogP contribution < -0.4 is 5.73 Å². The number of nitrogens with two attached hydrogens (primary N) is 1. The Balaban J connectivity index is 2.23. The van der Waals surface area contributed by atoms with E-state index in [2.05, 4.69) is 21.0 Å². The molecule has 94 valence electrons. The number of nitrogens with zero attached hydrogens (tertiary/aromatic N) is 2. The Bertz CT molecular complexity index is 565. The first kappa shape index (κ1) is 13.1. The summed E-state index contributed by atoms with van der Waals surface area (Å²) in [6, 6.07) is 7.42. The molecule has 0 aliphatic rings. The highest BCUT2D eigenvalue weighted by Gasteiger charge is 2.09. The summed E-state index contributed by atoms with van der Waals surface area (Å²) in [4.78, 5) is 10.7. The third-order valence-corrected chi connectivity index (χ3v) is 3.25. The van der Waals surface area contributed by atoms with Gasteiger partial charge in [-0.1, -0.05) is 23.7 Å². The Hall–Kier alpha value is -1.33. The van der Waals surface area contributed by atoms with Crippen LogP contribution in [0.2, 0.25) is 5.02 Å². The number of benzene rings is 1. The van der Waals surface area contributed by atoms with Crippen LogP contribution in [-0.2, 0) is 11.3 Å². The van der Waals surface area contributed by atoms with Gasteiger partial charge in [-0.05, 0) is 28.1 Å². The molecule has 0 unspecified atom stereocenters. The van der Waals surface area contributed by atoms with Crippen LogP contribution in [0.1, 0.15) is 6.42 Å². The molecule has 2 rings (SSSR count). The van der Waals surface area contributed by atoms with E-state index in [9.17, 15) is 4.79 Å². The summed E-state index contributed by atoms with van der Waals surface area (Å²) in [5.74, 6) is -0.338. The van der Waals surface area contributed by atoms with Crippen molar-refractivity contribution in [3.63, 3.8) is 0 Å². The summed E-state index contributed by atoms with van der Waals surface area (Å²) in [7, 11) is 0. The van der Waals surface area contributed by atoms with E-state index >= 15 is 0 Å². The molecule has 2 N–H and O–H groups in total. The standard InChI is InChI=1S/C12H11BrClN3O/c13-10-7-17(6-5-11(15)18)16-12(10)8-1-3-9(14)4-2-8/h1-4,7H,5-6H2,(H2,15,18). The summed E-state index contributed by atoms with van der Waals surface area (Å²) in [6.45, 7) is 0.474. The first-order valence-electron chi connectivity index (χ1n) is 5.33. The summed E-state index contributed by atoms with van der Waals surface area (Å²) in [6.07, 6.45) is 2.10. The van der Waals surface area contributed by atoms with E-state index in [-0.39, 0.29) is 12.3 Å². The summed E-state index contributed by atoms with van der Waals surface area (Å²) >= 11 is 9.29. The number of carbonyl (C=O) groups is 1. The molecule has 1 aromatic heterocycles. The lowest BCUT2D eigenvalue weighted by molar-refractivity contribution is -0.118. The molecule has 0 saturated carbocycles. The van der Waals surface area contributed by atoms with Gasteiger partial charge in [-0.3, -0.25) is 9.48 Å². The third kappa shape index (κ3) is 3.11. The Morgan fingerprint density at radius 1 is 1.39 bits per heavy atom. The van der Waals surface area contributed by atoms with Gasteiger partial charge in [-0.25, -0.2) is 0 Å².